The van der Waals surface area contributed by atoms with Crippen molar-refractivity contribution in [2.75, 3.05) is 0 Å². The smallest absolute Gasteiger partial charge is 0.0448 e. The van der Waals surface area contributed by atoms with Crippen molar-refractivity contribution in [3.63, 3.8) is 0 Å². The Morgan fingerprint density at radius 1 is 0.259 bits per heavy atom. The number of thiophene rings is 2. The largest absolute Gasteiger partial charge is 0.134 e. The zero-order chi connectivity index (χ0) is 35.3. The van der Waals surface area contributed by atoms with Gasteiger partial charge in [-0.2, -0.15) is 0 Å². The molecule has 0 saturated heterocycles. The lowest BCUT2D eigenvalue weighted by molar-refractivity contribution is 1.68. The number of hydrogen-bond donors (Lipinski definition) is 0. The van der Waals surface area contributed by atoms with Gasteiger partial charge in [0.2, 0.25) is 0 Å². The minimum atomic E-state index is 1.24. The fourth-order valence-electron chi connectivity index (χ4n) is 9.03. The van der Waals surface area contributed by atoms with E-state index >= 15 is 0 Å². The maximum atomic E-state index is 2.44. The van der Waals surface area contributed by atoms with Crippen LogP contribution in [-0.2, 0) is 0 Å². The van der Waals surface area contributed by atoms with Gasteiger partial charge in [0.1, 0.15) is 0 Å². The summed E-state index contributed by atoms with van der Waals surface area (Å²) in [6.07, 6.45) is 0. The molecule has 2 aromatic heterocycles. The first kappa shape index (κ1) is 30.2. The van der Waals surface area contributed by atoms with Gasteiger partial charge in [0, 0.05) is 45.9 Å². The van der Waals surface area contributed by atoms with Gasteiger partial charge in [-0.15, -0.1) is 22.7 Å². The molecule has 0 fully saturated rings. The van der Waals surface area contributed by atoms with Crippen molar-refractivity contribution >= 4 is 106 Å². The molecule has 0 saturated carbocycles. The molecule has 10 aromatic carbocycles. The molecule has 54 heavy (non-hydrogen) atoms. The molecule has 0 amide bonds. The van der Waals surface area contributed by atoms with Crippen molar-refractivity contribution in [2.24, 2.45) is 0 Å². The summed E-state index contributed by atoms with van der Waals surface area (Å²) in [6, 6.07) is 67.8. The van der Waals surface area contributed by atoms with Crippen molar-refractivity contribution in [1.29, 1.82) is 0 Å². The quantitative estimate of drug-likeness (QED) is 0.160. The molecular weight excluding hydrogens is 689 g/mol. The molecule has 0 N–H and O–H groups in total. The second kappa shape index (κ2) is 11.6. The van der Waals surface area contributed by atoms with Crippen molar-refractivity contribution in [2.45, 2.75) is 0 Å². The van der Waals surface area contributed by atoms with E-state index in [1.165, 1.54) is 117 Å². The van der Waals surface area contributed by atoms with Gasteiger partial charge in [-0.25, -0.2) is 0 Å². The van der Waals surface area contributed by atoms with Crippen molar-refractivity contribution < 1.29 is 0 Å². The molecule has 2 heteroatoms. The van der Waals surface area contributed by atoms with Crippen LogP contribution in [0.5, 0.6) is 0 Å². The average Bonchev–Trinajstić information content (AvgIpc) is 3.79. The van der Waals surface area contributed by atoms with Crippen LogP contribution in [0.2, 0.25) is 0 Å². The molecule has 0 aliphatic carbocycles. The highest BCUT2D eigenvalue weighted by molar-refractivity contribution is 7.29. The lowest BCUT2D eigenvalue weighted by Crippen LogP contribution is -1.91. The molecule has 0 spiro atoms. The summed E-state index contributed by atoms with van der Waals surface area (Å²) in [5, 5.41) is 15.5. The lowest BCUT2D eigenvalue weighted by Gasteiger charge is -2.19. The van der Waals surface area contributed by atoms with Gasteiger partial charge in [0.15, 0.2) is 0 Å². The van der Waals surface area contributed by atoms with Gasteiger partial charge in [0.05, 0.1) is 0 Å². The molecule has 12 aromatic rings. The first-order valence-electron chi connectivity index (χ1n) is 18.5. The first-order chi connectivity index (χ1) is 26.8. The standard InChI is InChI=1S/C52H30S2/c1-2-14-36-31(12-1)13-11-21-39(36)50-42-19-5-3-17-40(42)48(41-18-4-6-20-43(41)50)34-26-24-33-29-35(27-25-32(33)28-34)49-51-44(37-15-7-9-22-46(37)53-51)30-45-38-16-8-10-23-47(38)54-52(45)49/h1-30H. The Morgan fingerprint density at radius 2 is 0.704 bits per heavy atom. The van der Waals surface area contributed by atoms with Crippen molar-refractivity contribution in [3.05, 3.63) is 182 Å². The lowest BCUT2D eigenvalue weighted by atomic mass is 9.84. The zero-order valence-electron chi connectivity index (χ0n) is 29.1. The molecule has 0 unspecified atom stereocenters. The van der Waals surface area contributed by atoms with Crippen LogP contribution in [0.15, 0.2) is 182 Å². The summed E-state index contributed by atoms with van der Waals surface area (Å²) in [5.41, 5.74) is 7.75. The Bertz CT molecular complexity index is 3350. The van der Waals surface area contributed by atoms with Gasteiger partial charge in [-0.05, 0) is 101 Å². The van der Waals surface area contributed by atoms with Crippen LogP contribution in [0.3, 0.4) is 0 Å². The van der Waals surface area contributed by atoms with Gasteiger partial charge in [0.25, 0.3) is 0 Å². The molecule has 2 heterocycles. The molecule has 250 valence electrons. The topological polar surface area (TPSA) is 0 Å². The summed E-state index contributed by atoms with van der Waals surface area (Å²) in [7, 11) is 0. The van der Waals surface area contributed by atoms with E-state index in [2.05, 4.69) is 182 Å². The third-order valence-electron chi connectivity index (χ3n) is 11.4. The van der Waals surface area contributed by atoms with E-state index in [1.54, 1.807) is 0 Å². The van der Waals surface area contributed by atoms with E-state index < -0.39 is 0 Å². The fourth-order valence-corrected chi connectivity index (χ4v) is 11.6. The summed E-state index contributed by atoms with van der Waals surface area (Å²) in [5.74, 6) is 0. The third-order valence-corrected chi connectivity index (χ3v) is 13.8. The highest BCUT2D eigenvalue weighted by Crippen LogP contribution is 2.50. The van der Waals surface area contributed by atoms with Gasteiger partial charge < -0.3 is 0 Å². The van der Waals surface area contributed by atoms with Crippen LogP contribution >= 0.6 is 22.7 Å². The van der Waals surface area contributed by atoms with Gasteiger partial charge in [-0.1, -0.05) is 152 Å². The van der Waals surface area contributed by atoms with E-state index in [9.17, 15) is 0 Å². The number of benzene rings is 10. The normalized spacial score (nSPS) is 12.1. The second-order valence-corrected chi connectivity index (χ2v) is 16.5. The maximum Gasteiger partial charge on any atom is 0.0448 e. The van der Waals surface area contributed by atoms with E-state index in [-0.39, 0.29) is 0 Å². The van der Waals surface area contributed by atoms with Crippen LogP contribution in [-0.4, -0.2) is 0 Å². The molecule has 0 bridgehead atoms. The summed E-state index contributed by atoms with van der Waals surface area (Å²) in [4.78, 5) is 0. The fraction of sp³-hybridized carbons (Fsp3) is 0. The molecule has 0 atom stereocenters. The Balaban J connectivity index is 1.08. The summed E-state index contributed by atoms with van der Waals surface area (Å²) in [6.45, 7) is 0. The molecule has 12 rings (SSSR count). The molecule has 0 aliphatic rings. The van der Waals surface area contributed by atoms with Crippen molar-refractivity contribution in [1.82, 2.24) is 0 Å². The van der Waals surface area contributed by atoms with Crippen molar-refractivity contribution in [3.8, 4) is 33.4 Å². The van der Waals surface area contributed by atoms with Crippen LogP contribution in [0, 0.1) is 0 Å². The highest BCUT2D eigenvalue weighted by atomic mass is 32.1. The predicted octanol–water partition coefficient (Wildman–Crippen LogP) is 16.0. The summed E-state index contributed by atoms with van der Waals surface area (Å²) >= 11 is 3.84. The SMILES string of the molecule is c1ccc2c(-c3c4ccccc4c(-c4ccc5cc(-c6c7sc8ccccc8c7cc7c6sc6ccccc67)ccc5c4)c4ccccc34)cccc2c1. The Morgan fingerprint density at radius 3 is 1.28 bits per heavy atom. The summed E-state index contributed by atoms with van der Waals surface area (Å²) < 4.78 is 5.42. The monoisotopic (exact) mass is 718 g/mol. The Labute approximate surface area is 319 Å². The zero-order valence-corrected chi connectivity index (χ0v) is 30.8. The molecule has 0 nitrogen and oxygen atoms in total. The third kappa shape index (κ3) is 4.36. The Hall–Kier alpha value is -6.32. The van der Waals surface area contributed by atoms with E-state index in [4.69, 9.17) is 0 Å². The van der Waals surface area contributed by atoms with E-state index in [1.807, 2.05) is 22.7 Å². The number of hydrogen-bond acceptors (Lipinski definition) is 2. The molecule has 0 radical (unpaired) electrons. The number of rotatable bonds is 3. The van der Waals surface area contributed by atoms with Gasteiger partial charge >= 0.3 is 0 Å². The highest BCUT2D eigenvalue weighted by Gasteiger charge is 2.20. The predicted molar refractivity (Wildman–Crippen MR) is 239 cm³/mol. The average molecular weight is 719 g/mol. The van der Waals surface area contributed by atoms with E-state index in [0.29, 0.717) is 0 Å². The second-order valence-electron chi connectivity index (χ2n) is 14.3. The number of fused-ring (bicyclic) bond motifs is 10. The van der Waals surface area contributed by atoms with Crippen LogP contribution < -0.4 is 0 Å². The minimum absolute atomic E-state index is 1.24. The minimum Gasteiger partial charge on any atom is -0.134 e. The van der Waals surface area contributed by atoms with Crippen LogP contribution in [0.4, 0.5) is 0 Å². The van der Waals surface area contributed by atoms with Crippen LogP contribution in [0.1, 0.15) is 0 Å². The first-order valence-corrected chi connectivity index (χ1v) is 20.1. The Kier molecular flexibility index (Phi) is 6.48. The van der Waals surface area contributed by atoms with Gasteiger partial charge in [-0.3, -0.25) is 0 Å². The molecule has 0 aliphatic heterocycles. The van der Waals surface area contributed by atoms with Crippen LogP contribution in [0.25, 0.3) is 117 Å². The van der Waals surface area contributed by atoms with E-state index in [0.717, 1.165) is 0 Å². The maximum absolute atomic E-state index is 2.44. The molecular formula is C52H30S2.